The van der Waals surface area contributed by atoms with Crippen LogP contribution in [0.15, 0.2) is 29.2 Å². The quantitative estimate of drug-likeness (QED) is 0.888. The van der Waals surface area contributed by atoms with Gasteiger partial charge in [-0.25, -0.2) is 17.9 Å². The van der Waals surface area contributed by atoms with Crippen molar-refractivity contribution in [2.24, 2.45) is 0 Å². The summed E-state index contributed by atoms with van der Waals surface area (Å²) in [4.78, 5) is 24.2. The van der Waals surface area contributed by atoms with Gasteiger partial charge < -0.3 is 9.64 Å². The number of carbonyl (C=O) groups excluding carboxylic acids is 2. The zero-order chi connectivity index (χ0) is 15.3. The third-order valence-electron chi connectivity index (χ3n) is 2.31. The second-order valence-electron chi connectivity index (χ2n) is 4.02. The summed E-state index contributed by atoms with van der Waals surface area (Å²) in [6.45, 7) is 1.59. The number of carbonyl (C=O) groups is 2. The normalized spacial score (nSPS) is 10.8. The van der Waals surface area contributed by atoms with Gasteiger partial charge in [0.05, 0.1) is 12.2 Å². The van der Waals surface area contributed by atoms with Gasteiger partial charge in [0.2, 0.25) is 0 Å². The molecule has 0 aliphatic carbocycles. The van der Waals surface area contributed by atoms with Crippen molar-refractivity contribution < 1.29 is 22.7 Å². The van der Waals surface area contributed by atoms with Gasteiger partial charge >= 0.3 is 6.09 Å². The van der Waals surface area contributed by atoms with Gasteiger partial charge in [-0.15, -0.1) is 0 Å². The molecule has 0 saturated carbocycles. The van der Waals surface area contributed by atoms with E-state index in [1.54, 1.807) is 17.7 Å². The molecule has 0 radical (unpaired) electrons. The van der Waals surface area contributed by atoms with Crippen LogP contribution in [0.3, 0.4) is 0 Å². The van der Waals surface area contributed by atoms with E-state index in [2.05, 4.69) is 4.74 Å². The van der Waals surface area contributed by atoms with Crippen molar-refractivity contribution in [1.29, 1.82) is 0 Å². The predicted octanol–water partition coefficient (Wildman–Crippen LogP) is 0.823. The van der Waals surface area contributed by atoms with Crippen molar-refractivity contribution in [2.75, 3.05) is 20.7 Å². The average Bonchev–Trinajstić information content (AvgIpc) is 2.37. The molecule has 1 aromatic rings. The lowest BCUT2D eigenvalue weighted by Crippen LogP contribution is -2.33. The standard InChI is InChI=1S/C12H16N2O5S/c1-4-19-12(16)13-20(17,18)10-8-6-5-7-9(10)11(15)14(2)3/h5-8H,4H2,1-3H3,(H,13,16). The molecule has 0 bridgehead atoms. The minimum absolute atomic E-state index is 0.0192. The Kier molecular flexibility index (Phi) is 5.09. The SMILES string of the molecule is CCOC(=O)NS(=O)(=O)c1ccccc1C(=O)N(C)C. The fourth-order valence-corrected chi connectivity index (χ4v) is 2.53. The van der Waals surface area contributed by atoms with Gasteiger partial charge in [-0.1, -0.05) is 12.1 Å². The Morgan fingerprint density at radius 1 is 1.25 bits per heavy atom. The molecular weight excluding hydrogens is 284 g/mol. The summed E-state index contributed by atoms with van der Waals surface area (Å²) < 4.78 is 30.4. The topological polar surface area (TPSA) is 92.8 Å². The lowest BCUT2D eigenvalue weighted by Gasteiger charge is -2.14. The van der Waals surface area contributed by atoms with Gasteiger partial charge in [0.1, 0.15) is 4.90 Å². The van der Waals surface area contributed by atoms with Crippen molar-refractivity contribution in [2.45, 2.75) is 11.8 Å². The van der Waals surface area contributed by atoms with Gasteiger partial charge in [0, 0.05) is 14.1 Å². The van der Waals surface area contributed by atoms with Gasteiger partial charge in [0.25, 0.3) is 15.9 Å². The van der Waals surface area contributed by atoms with Crippen LogP contribution < -0.4 is 4.72 Å². The molecule has 0 atom stereocenters. The lowest BCUT2D eigenvalue weighted by molar-refractivity contribution is 0.0823. The van der Waals surface area contributed by atoms with Crippen LogP contribution in [0.5, 0.6) is 0 Å². The number of amides is 2. The van der Waals surface area contributed by atoms with E-state index in [4.69, 9.17) is 0 Å². The van der Waals surface area contributed by atoms with E-state index >= 15 is 0 Å². The number of benzene rings is 1. The predicted molar refractivity (Wildman–Crippen MR) is 71.8 cm³/mol. The smallest absolute Gasteiger partial charge is 0.421 e. The Morgan fingerprint density at radius 2 is 1.85 bits per heavy atom. The fourth-order valence-electron chi connectivity index (χ4n) is 1.44. The lowest BCUT2D eigenvalue weighted by atomic mass is 10.2. The first kappa shape index (κ1) is 16.0. The van der Waals surface area contributed by atoms with Gasteiger partial charge in [-0.3, -0.25) is 4.79 Å². The zero-order valence-corrected chi connectivity index (χ0v) is 12.2. The summed E-state index contributed by atoms with van der Waals surface area (Å²) >= 11 is 0. The third-order valence-corrected chi connectivity index (χ3v) is 3.68. The van der Waals surface area contributed by atoms with Crippen LogP contribution in [0.1, 0.15) is 17.3 Å². The highest BCUT2D eigenvalue weighted by molar-refractivity contribution is 7.90. The molecule has 0 aliphatic rings. The Balaban J connectivity index is 3.19. The second kappa shape index (κ2) is 6.38. The van der Waals surface area contributed by atoms with Gasteiger partial charge in [0.15, 0.2) is 0 Å². The Bertz CT molecular complexity index is 610. The summed E-state index contributed by atoms with van der Waals surface area (Å²) in [5.41, 5.74) is -0.0192. The Labute approximate surface area is 117 Å². The first-order valence-electron chi connectivity index (χ1n) is 5.80. The van der Waals surface area contributed by atoms with E-state index in [0.29, 0.717) is 0 Å². The molecule has 0 spiro atoms. The van der Waals surface area contributed by atoms with E-state index in [0.717, 1.165) is 0 Å². The molecule has 0 heterocycles. The molecule has 110 valence electrons. The Morgan fingerprint density at radius 3 is 2.40 bits per heavy atom. The van der Waals surface area contributed by atoms with E-state index in [9.17, 15) is 18.0 Å². The number of hydrogen-bond donors (Lipinski definition) is 1. The highest BCUT2D eigenvalue weighted by Crippen LogP contribution is 2.16. The maximum absolute atomic E-state index is 12.1. The molecule has 1 aromatic carbocycles. The van der Waals surface area contributed by atoms with Crippen LogP contribution in [0.4, 0.5) is 4.79 Å². The molecule has 7 nitrogen and oxygen atoms in total. The van der Waals surface area contributed by atoms with Crippen molar-refractivity contribution in [3.05, 3.63) is 29.8 Å². The van der Waals surface area contributed by atoms with E-state index < -0.39 is 22.0 Å². The molecule has 1 rings (SSSR count). The number of sulfonamides is 1. The summed E-state index contributed by atoms with van der Waals surface area (Å²) in [5, 5.41) is 0. The summed E-state index contributed by atoms with van der Waals surface area (Å²) in [5.74, 6) is -0.477. The molecule has 0 unspecified atom stereocenters. The number of rotatable bonds is 4. The van der Waals surface area contributed by atoms with Crippen molar-refractivity contribution in [1.82, 2.24) is 9.62 Å². The molecule has 8 heteroatoms. The van der Waals surface area contributed by atoms with Crippen LogP contribution in [-0.4, -0.2) is 46.0 Å². The minimum Gasteiger partial charge on any atom is -0.449 e. The highest BCUT2D eigenvalue weighted by atomic mass is 32.2. The van der Waals surface area contributed by atoms with Crippen LogP contribution in [0.25, 0.3) is 0 Å². The highest BCUT2D eigenvalue weighted by Gasteiger charge is 2.25. The van der Waals surface area contributed by atoms with Gasteiger partial charge in [-0.2, -0.15) is 0 Å². The summed E-state index contributed by atoms with van der Waals surface area (Å²) in [6, 6.07) is 5.63. The summed E-state index contributed by atoms with van der Waals surface area (Å²) in [6.07, 6.45) is -1.08. The molecule has 20 heavy (non-hydrogen) atoms. The molecule has 0 aromatic heterocycles. The van der Waals surface area contributed by atoms with Crippen LogP contribution in [0, 0.1) is 0 Å². The third kappa shape index (κ3) is 3.70. The van der Waals surface area contributed by atoms with Crippen molar-refractivity contribution in [3.8, 4) is 0 Å². The molecule has 2 amide bonds. The summed E-state index contributed by atoms with van der Waals surface area (Å²) in [7, 11) is -1.15. The first-order valence-corrected chi connectivity index (χ1v) is 7.28. The number of nitrogens with one attached hydrogen (secondary N) is 1. The molecule has 0 aliphatic heterocycles. The molecule has 0 saturated heterocycles. The average molecular weight is 300 g/mol. The molecule has 0 fully saturated rings. The van der Waals surface area contributed by atoms with E-state index in [1.165, 1.54) is 37.2 Å². The van der Waals surface area contributed by atoms with Crippen molar-refractivity contribution >= 4 is 22.0 Å². The Hall–Kier alpha value is -2.09. The van der Waals surface area contributed by atoms with Crippen LogP contribution in [0.2, 0.25) is 0 Å². The first-order chi connectivity index (χ1) is 9.29. The fraction of sp³-hybridized carbons (Fsp3) is 0.333. The largest absolute Gasteiger partial charge is 0.449 e. The minimum atomic E-state index is -4.16. The monoisotopic (exact) mass is 300 g/mol. The van der Waals surface area contributed by atoms with Crippen LogP contribution in [-0.2, 0) is 14.8 Å². The second-order valence-corrected chi connectivity index (χ2v) is 5.67. The maximum Gasteiger partial charge on any atom is 0.421 e. The van der Waals surface area contributed by atoms with Crippen LogP contribution >= 0.6 is 0 Å². The van der Waals surface area contributed by atoms with Crippen molar-refractivity contribution in [3.63, 3.8) is 0 Å². The van der Waals surface area contributed by atoms with Gasteiger partial charge in [-0.05, 0) is 19.1 Å². The number of ether oxygens (including phenoxy) is 1. The molecular formula is C12H16N2O5S. The zero-order valence-electron chi connectivity index (χ0n) is 11.4. The van der Waals surface area contributed by atoms with E-state index in [-0.39, 0.29) is 17.1 Å². The number of hydrogen-bond acceptors (Lipinski definition) is 5. The molecule has 1 N–H and O–H groups in total. The maximum atomic E-state index is 12.1. The van der Waals surface area contributed by atoms with E-state index in [1.807, 2.05) is 0 Å². The number of nitrogens with zero attached hydrogens (tertiary/aromatic N) is 1.